The van der Waals surface area contributed by atoms with E-state index in [1.165, 1.54) is 0 Å². The molecular formula is C12H16N2O5S2. The molecule has 1 aliphatic rings. The Hall–Kier alpha value is -1.61. The highest BCUT2D eigenvalue weighted by Crippen LogP contribution is 2.34. The molecule has 2 rings (SSSR count). The molecule has 0 aromatic carbocycles. The maximum Gasteiger partial charge on any atom is 0.327 e. The Balaban J connectivity index is 2.17. The van der Waals surface area contributed by atoms with E-state index in [1.54, 1.807) is 12.3 Å². The molecule has 0 unspecified atom stereocenters. The number of nitrogens with zero attached hydrogens (tertiary/aromatic N) is 1. The minimum absolute atomic E-state index is 0.216. The second-order valence-electron chi connectivity index (χ2n) is 4.62. The van der Waals surface area contributed by atoms with Gasteiger partial charge in [-0.2, -0.15) is 8.42 Å². The number of nitrogens with one attached hydrogen (secondary N) is 1. The fourth-order valence-electron chi connectivity index (χ4n) is 1.84. The molecule has 0 atom stereocenters. The van der Waals surface area contributed by atoms with Crippen molar-refractivity contribution < 1.29 is 22.7 Å². The van der Waals surface area contributed by atoms with Crippen molar-refractivity contribution in [3.8, 4) is 0 Å². The molecular weight excluding hydrogens is 316 g/mol. The number of fused-ring (bicyclic) bond motifs is 1. The molecule has 1 amide bonds. The van der Waals surface area contributed by atoms with E-state index >= 15 is 0 Å². The number of carbonyl (C=O) groups is 2. The van der Waals surface area contributed by atoms with Gasteiger partial charge in [0.15, 0.2) is 0 Å². The molecule has 0 fully saturated rings. The van der Waals surface area contributed by atoms with Gasteiger partial charge < -0.3 is 4.74 Å². The minimum Gasteiger partial charge on any atom is -0.464 e. The van der Waals surface area contributed by atoms with Crippen LogP contribution in [0.5, 0.6) is 0 Å². The minimum atomic E-state index is -4.06. The van der Waals surface area contributed by atoms with Gasteiger partial charge in [0.2, 0.25) is 0 Å². The lowest BCUT2D eigenvalue weighted by Gasteiger charge is -2.26. The van der Waals surface area contributed by atoms with Gasteiger partial charge in [0.25, 0.3) is 5.91 Å². The molecule has 21 heavy (non-hydrogen) atoms. The first-order chi connectivity index (χ1) is 9.86. The average Bonchev–Trinajstić information content (AvgIpc) is 2.75. The van der Waals surface area contributed by atoms with Crippen molar-refractivity contribution in [2.24, 2.45) is 0 Å². The lowest BCUT2D eigenvalue weighted by atomic mass is 10.2. The van der Waals surface area contributed by atoms with E-state index in [4.69, 9.17) is 4.74 Å². The van der Waals surface area contributed by atoms with Gasteiger partial charge in [0.05, 0.1) is 12.2 Å². The highest BCUT2D eigenvalue weighted by atomic mass is 32.2. The molecule has 1 N–H and O–H groups in total. The van der Waals surface area contributed by atoms with Crippen LogP contribution in [0.2, 0.25) is 0 Å². The number of anilines is 1. The van der Waals surface area contributed by atoms with Gasteiger partial charge in [-0.3, -0.25) is 14.3 Å². The summed E-state index contributed by atoms with van der Waals surface area (Å²) in [5.41, 5.74) is 0.961. The van der Waals surface area contributed by atoms with Gasteiger partial charge in [-0.05, 0) is 24.3 Å². The second kappa shape index (κ2) is 6.02. The predicted molar refractivity (Wildman–Crippen MR) is 78.5 cm³/mol. The maximum absolute atomic E-state index is 12.3. The summed E-state index contributed by atoms with van der Waals surface area (Å²) in [6, 6.07) is 0. The van der Waals surface area contributed by atoms with Crippen LogP contribution < -0.4 is 4.72 Å². The number of esters is 1. The Labute approximate surface area is 127 Å². The highest BCUT2D eigenvalue weighted by molar-refractivity contribution is 7.91. The molecule has 0 aliphatic carbocycles. The third-order valence-corrected chi connectivity index (χ3v) is 5.44. The lowest BCUT2D eigenvalue weighted by molar-refractivity contribution is -0.143. The Morgan fingerprint density at radius 2 is 2.19 bits per heavy atom. The number of unbranched alkanes of at least 4 members (excludes halogenated alkanes) is 1. The summed E-state index contributed by atoms with van der Waals surface area (Å²) in [6.45, 7) is 3.25. The number of rotatable bonds is 5. The van der Waals surface area contributed by atoms with Crippen LogP contribution in [-0.2, 0) is 19.7 Å². The van der Waals surface area contributed by atoms with Crippen LogP contribution in [0.1, 0.15) is 35.7 Å². The number of hydrogen-bond donors (Lipinski definition) is 1. The first kappa shape index (κ1) is 15.8. The van der Waals surface area contributed by atoms with Gasteiger partial charge >= 0.3 is 16.2 Å². The summed E-state index contributed by atoms with van der Waals surface area (Å²) < 4.78 is 31.8. The number of thiophene rings is 1. The molecule has 1 aliphatic heterocycles. The molecule has 9 heteroatoms. The topological polar surface area (TPSA) is 92.8 Å². The number of ether oxygens (including phenoxy) is 1. The molecule has 2 heterocycles. The quantitative estimate of drug-likeness (QED) is 0.652. The van der Waals surface area contributed by atoms with E-state index in [0.717, 1.165) is 17.8 Å². The molecule has 0 bridgehead atoms. The molecule has 7 nitrogen and oxygen atoms in total. The smallest absolute Gasteiger partial charge is 0.327 e. The SMILES string of the molecule is CCCCOC(=O)CN1C(=O)c2c(C)csc2NS1(=O)=O. The first-order valence-corrected chi connectivity index (χ1v) is 8.77. The van der Waals surface area contributed by atoms with Gasteiger partial charge in [-0.1, -0.05) is 13.3 Å². The summed E-state index contributed by atoms with van der Waals surface area (Å²) in [5, 5.41) is 1.97. The van der Waals surface area contributed by atoms with Crippen molar-refractivity contribution in [2.45, 2.75) is 26.7 Å². The maximum atomic E-state index is 12.3. The van der Waals surface area contributed by atoms with Crippen molar-refractivity contribution >= 4 is 38.4 Å². The first-order valence-electron chi connectivity index (χ1n) is 6.45. The van der Waals surface area contributed by atoms with Crippen molar-refractivity contribution in [2.75, 3.05) is 17.9 Å². The third kappa shape index (κ3) is 3.18. The Kier molecular flexibility index (Phi) is 4.52. The highest BCUT2D eigenvalue weighted by Gasteiger charge is 2.39. The van der Waals surface area contributed by atoms with Gasteiger partial charge in [-0.15, -0.1) is 11.3 Å². The number of aryl methyl sites for hydroxylation is 1. The van der Waals surface area contributed by atoms with Crippen LogP contribution in [0.25, 0.3) is 0 Å². The van der Waals surface area contributed by atoms with Crippen LogP contribution in [0, 0.1) is 6.92 Å². The van der Waals surface area contributed by atoms with E-state index in [1.807, 2.05) is 6.92 Å². The number of amides is 1. The Morgan fingerprint density at radius 1 is 1.48 bits per heavy atom. The predicted octanol–water partition coefficient (Wildman–Crippen LogP) is 1.51. The summed E-state index contributed by atoms with van der Waals surface area (Å²) >= 11 is 1.14. The van der Waals surface area contributed by atoms with Crippen LogP contribution in [0.4, 0.5) is 5.00 Å². The summed E-state index contributed by atoms with van der Waals surface area (Å²) in [6.07, 6.45) is 1.55. The fraction of sp³-hybridized carbons (Fsp3) is 0.500. The van der Waals surface area contributed by atoms with Crippen LogP contribution in [0.3, 0.4) is 0 Å². The second-order valence-corrected chi connectivity index (χ2v) is 7.09. The molecule has 1 aromatic heterocycles. The van der Waals surface area contributed by atoms with E-state index in [-0.39, 0.29) is 17.2 Å². The van der Waals surface area contributed by atoms with E-state index < -0.39 is 28.6 Å². The monoisotopic (exact) mass is 332 g/mol. The van der Waals surface area contributed by atoms with Gasteiger partial charge in [0, 0.05) is 0 Å². The van der Waals surface area contributed by atoms with Gasteiger partial charge in [0.1, 0.15) is 11.5 Å². The van der Waals surface area contributed by atoms with E-state index in [2.05, 4.69) is 4.72 Å². The fourth-order valence-corrected chi connectivity index (χ4v) is 4.16. The van der Waals surface area contributed by atoms with Gasteiger partial charge in [-0.25, -0.2) is 4.31 Å². The number of hydrogen-bond acceptors (Lipinski definition) is 6. The van der Waals surface area contributed by atoms with Crippen molar-refractivity contribution in [3.63, 3.8) is 0 Å². The molecule has 0 saturated carbocycles. The van der Waals surface area contributed by atoms with Crippen molar-refractivity contribution in [3.05, 3.63) is 16.5 Å². The van der Waals surface area contributed by atoms with Crippen LogP contribution in [0.15, 0.2) is 5.38 Å². The largest absolute Gasteiger partial charge is 0.464 e. The molecule has 0 saturated heterocycles. The zero-order valence-corrected chi connectivity index (χ0v) is 13.3. The Morgan fingerprint density at radius 3 is 2.86 bits per heavy atom. The summed E-state index contributed by atoms with van der Waals surface area (Å²) in [4.78, 5) is 23.9. The average molecular weight is 332 g/mol. The van der Waals surface area contributed by atoms with Crippen molar-refractivity contribution in [1.29, 1.82) is 0 Å². The lowest BCUT2D eigenvalue weighted by Crippen LogP contribution is -2.47. The zero-order valence-electron chi connectivity index (χ0n) is 11.7. The standard InChI is InChI=1S/C12H16N2O5S2/c1-3-4-5-19-9(15)6-14-12(16)10-8(2)7-20-11(10)13-21(14,17)18/h7,13H,3-6H2,1-2H3. The molecule has 1 aromatic rings. The Bertz CT molecular complexity index is 665. The molecule has 0 spiro atoms. The molecule has 116 valence electrons. The normalized spacial score (nSPS) is 16.3. The van der Waals surface area contributed by atoms with Crippen molar-refractivity contribution in [1.82, 2.24) is 4.31 Å². The van der Waals surface area contributed by atoms with Crippen LogP contribution in [-0.4, -0.2) is 37.8 Å². The molecule has 0 radical (unpaired) electrons. The summed E-state index contributed by atoms with van der Waals surface area (Å²) in [5.74, 6) is -1.44. The van der Waals surface area contributed by atoms with Crippen LogP contribution >= 0.6 is 11.3 Å². The van der Waals surface area contributed by atoms with E-state index in [0.29, 0.717) is 16.3 Å². The summed E-state index contributed by atoms with van der Waals surface area (Å²) in [7, 11) is -4.06. The third-order valence-electron chi connectivity index (χ3n) is 2.96. The number of carbonyl (C=O) groups excluding carboxylic acids is 2. The van der Waals surface area contributed by atoms with E-state index in [9.17, 15) is 18.0 Å². The zero-order chi connectivity index (χ0) is 15.6.